The average Bonchev–Trinajstić information content (AvgIpc) is 2.81. The Labute approximate surface area is 121 Å². The average molecular weight is 274 g/mol. The monoisotopic (exact) mass is 274 g/mol. The molecule has 0 heterocycles. The molecular formula is C18H26O2. The SMILES string of the molecule is C[C@]12CCC(=O)C=C1CC[C@H]1[C@@H]3CCC[C@@]3(O)CC[C@@H]12. The second-order valence-corrected chi connectivity index (χ2v) is 8.00. The third-order valence-electron chi connectivity index (χ3n) is 7.26. The maximum atomic E-state index is 11.7. The molecule has 5 atom stereocenters. The predicted molar refractivity (Wildman–Crippen MR) is 78.2 cm³/mol. The van der Waals surface area contributed by atoms with Crippen molar-refractivity contribution >= 4 is 5.78 Å². The molecule has 0 aliphatic heterocycles. The van der Waals surface area contributed by atoms with E-state index in [0.29, 0.717) is 23.5 Å². The molecule has 4 aliphatic rings. The van der Waals surface area contributed by atoms with Gasteiger partial charge in [-0.15, -0.1) is 0 Å². The molecule has 0 saturated heterocycles. The second-order valence-electron chi connectivity index (χ2n) is 8.00. The van der Waals surface area contributed by atoms with Gasteiger partial charge in [-0.1, -0.05) is 18.9 Å². The van der Waals surface area contributed by atoms with Gasteiger partial charge in [0.15, 0.2) is 5.78 Å². The van der Waals surface area contributed by atoms with E-state index in [2.05, 4.69) is 6.92 Å². The molecule has 0 bridgehead atoms. The lowest BCUT2D eigenvalue weighted by Crippen LogP contribution is -2.52. The molecular weight excluding hydrogens is 248 g/mol. The summed E-state index contributed by atoms with van der Waals surface area (Å²) in [6.07, 6.45) is 11.7. The van der Waals surface area contributed by atoms with Crippen LogP contribution in [0.4, 0.5) is 0 Å². The first-order valence-electron chi connectivity index (χ1n) is 8.49. The number of carbonyl (C=O) groups is 1. The highest BCUT2D eigenvalue weighted by Gasteiger charge is 2.57. The second kappa shape index (κ2) is 4.19. The van der Waals surface area contributed by atoms with Crippen molar-refractivity contribution in [2.24, 2.45) is 23.2 Å². The molecule has 3 saturated carbocycles. The van der Waals surface area contributed by atoms with E-state index in [-0.39, 0.29) is 11.0 Å². The number of hydrogen-bond acceptors (Lipinski definition) is 2. The molecule has 0 aromatic rings. The summed E-state index contributed by atoms with van der Waals surface area (Å²) in [7, 11) is 0. The van der Waals surface area contributed by atoms with E-state index in [1.165, 1.54) is 31.3 Å². The van der Waals surface area contributed by atoms with Gasteiger partial charge in [-0.3, -0.25) is 4.79 Å². The first-order chi connectivity index (χ1) is 9.53. The first-order valence-corrected chi connectivity index (χ1v) is 8.49. The Morgan fingerprint density at radius 1 is 1.10 bits per heavy atom. The van der Waals surface area contributed by atoms with Gasteiger partial charge in [0.05, 0.1) is 5.60 Å². The minimum absolute atomic E-state index is 0.251. The molecule has 0 amide bonds. The maximum Gasteiger partial charge on any atom is 0.155 e. The summed E-state index contributed by atoms with van der Waals surface area (Å²) in [5, 5.41) is 10.9. The zero-order valence-electron chi connectivity index (χ0n) is 12.5. The van der Waals surface area contributed by atoms with Gasteiger partial charge in [0.1, 0.15) is 0 Å². The van der Waals surface area contributed by atoms with Crippen LogP contribution in [0.2, 0.25) is 0 Å². The van der Waals surface area contributed by atoms with Crippen molar-refractivity contribution in [1.82, 2.24) is 0 Å². The topological polar surface area (TPSA) is 37.3 Å². The summed E-state index contributed by atoms with van der Waals surface area (Å²) < 4.78 is 0. The van der Waals surface area contributed by atoms with Gasteiger partial charge in [0, 0.05) is 6.42 Å². The molecule has 20 heavy (non-hydrogen) atoms. The highest BCUT2D eigenvalue weighted by Crippen LogP contribution is 2.62. The summed E-state index contributed by atoms with van der Waals surface area (Å²) in [4.78, 5) is 11.7. The summed E-state index contributed by atoms with van der Waals surface area (Å²) in [5.74, 6) is 2.28. The minimum atomic E-state index is -0.344. The van der Waals surface area contributed by atoms with Crippen LogP contribution >= 0.6 is 0 Å². The van der Waals surface area contributed by atoms with Crippen molar-refractivity contribution in [3.63, 3.8) is 0 Å². The van der Waals surface area contributed by atoms with Crippen LogP contribution in [0.25, 0.3) is 0 Å². The molecule has 0 radical (unpaired) electrons. The van der Waals surface area contributed by atoms with Gasteiger partial charge in [0.25, 0.3) is 0 Å². The van der Waals surface area contributed by atoms with Crippen LogP contribution < -0.4 is 0 Å². The zero-order chi connectivity index (χ0) is 14.0. The minimum Gasteiger partial charge on any atom is -0.390 e. The van der Waals surface area contributed by atoms with Crippen LogP contribution in [0, 0.1) is 23.2 Å². The van der Waals surface area contributed by atoms with Crippen LogP contribution in [0.5, 0.6) is 0 Å². The number of aliphatic hydroxyl groups is 1. The normalized spacial score (nSPS) is 51.0. The molecule has 0 spiro atoms. The van der Waals surface area contributed by atoms with Crippen LogP contribution in [-0.2, 0) is 4.79 Å². The van der Waals surface area contributed by atoms with Gasteiger partial charge in [-0.2, -0.15) is 0 Å². The molecule has 2 nitrogen and oxygen atoms in total. The summed E-state index contributed by atoms with van der Waals surface area (Å²) in [6.45, 7) is 2.40. The van der Waals surface area contributed by atoms with E-state index in [1.807, 2.05) is 6.08 Å². The largest absolute Gasteiger partial charge is 0.390 e. The lowest BCUT2D eigenvalue weighted by molar-refractivity contribution is -0.121. The Kier molecular flexibility index (Phi) is 2.74. The number of ketones is 1. The molecule has 110 valence electrons. The molecule has 0 aromatic heterocycles. The third-order valence-corrected chi connectivity index (χ3v) is 7.26. The number of rotatable bonds is 0. The third kappa shape index (κ3) is 1.63. The van der Waals surface area contributed by atoms with E-state index < -0.39 is 0 Å². The molecule has 0 aromatic carbocycles. The maximum absolute atomic E-state index is 11.7. The fourth-order valence-corrected chi connectivity index (χ4v) is 6.18. The molecule has 4 rings (SSSR count). The van der Waals surface area contributed by atoms with Crippen molar-refractivity contribution in [3.8, 4) is 0 Å². The predicted octanol–water partition coefficient (Wildman–Crippen LogP) is 3.63. The smallest absolute Gasteiger partial charge is 0.155 e. The standard InChI is InChI=1S/C18H26O2/c1-17-9-6-13(19)11-12(17)4-5-14-15(17)7-10-18(20)8-2-3-16(14)18/h11,14-16,20H,2-10H2,1H3/t14-,15+,16+,17+,18-/m1/s1. The first kappa shape index (κ1) is 13.1. The number of hydrogen-bond donors (Lipinski definition) is 1. The molecule has 2 heteroatoms. The van der Waals surface area contributed by atoms with Gasteiger partial charge >= 0.3 is 0 Å². The van der Waals surface area contributed by atoms with Gasteiger partial charge in [0.2, 0.25) is 0 Å². The fourth-order valence-electron chi connectivity index (χ4n) is 6.18. The van der Waals surface area contributed by atoms with Crippen molar-refractivity contribution in [2.45, 2.75) is 70.3 Å². The highest BCUT2D eigenvalue weighted by molar-refractivity contribution is 5.91. The van der Waals surface area contributed by atoms with Crippen LogP contribution in [0.1, 0.15) is 64.7 Å². The number of carbonyl (C=O) groups excluding carboxylic acids is 1. The van der Waals surface area contributed by atoms with Crippen LogP contribution in [0.15, 0.2) is 11.6 Å². The summed E-state index contributed by atoms with van der Waals surface area (Å²) in [6, 6.07) is 0. The quantitative estimate of drug-likeness (QED) is 0.732. The number of fused-ring (bicyclic) bond motifs is 5. The van der Waals surface area contributed by atoms with E-state index in [1.54, 1.807) is 0 Å². The highest BCUT2D eigenvalue weighted by atomic mass is 16.3. The Morgan fingerprint density at radius 2 is 1.95 bits per heavy atom. The van der Waals surface area contributed by atoms with Crippen molar-refractivity contribution < 1.29 is 9.90 Å². The van der Waals surface area contributed by atoms with E-state index in [0.717, 1.165) is 32.1 Å². The van der Waals surface area contributed by atoms with E-state index >= 15 is 0 Å². The van der Waals surface area contributed by atoms with Crippen LogP contribution in [0.3, 0.4) is 0 Å². The lowest BCUT2D eigenvalue weighted by atomic mass is 9.49. The Hall–Kier alpha value is -0.630. The summed E-state index contributed by atoms with van der Waals surface area (Å²) in [5.41, 5.74) is 1.34. The van der Waals surface area contributed by atoms with Crippen molar-refractivity contribution in [1.29, 1.82) is 0 Å². The van der Waals surface area contributed by atoms with Gasteiger partial charge < -0.3 is 5.11 Å². The molecule has 1 N–H and O–H groups in total. The fraction of sp³-hybridized carbons (Fsp3) is 0.833. The molecule has 3 fully saturated rings. The zero-order valence-corrected chi connectivity index (χ0v) is 12.5. The van der Waals surface area contributed by atoms with Crippen molar-refractivity contribution in [3.05, 3.63) is 11.6 Å². The Morgan fingerprint density at radius 3 is 2.80 bits per heavy atom. The van der Waals surface area contributed by atoms with E-state index in [9.17, 15) is 9.90 Å². The number of allylic oxidation sites excluding steroid dienone is 1. The lowest BCUT2D eigenvalue weighted by Gasteiger charge is -2.56. The van der Waals surface area contributed by atoms with Gasteiger partial charge in [-0.25, -0.2) is 0 Å². The van der Waals surface area contributed by atoms with Crippen molar-refractivity contribution in [2.75, 3.05) is 0 Å². The Bertz CT molecular complexity index is 480. The van der Waals surface area contributed by atoms with Crippen LogP contribution in [-0.4, -0.2) is 16.5 Å². The molecule has 4 aliphatic carbocycles. The van der Waals surface area contributed by atoms with Gasteiger partial charge in [-0.05, 0) is 74.2 Å². The molecule has 0 unspecified atom stereocenters. The Balaban J connectivity index is 1.69. The summed E-state index contributed by atoms with van der Waals surface area (Å²) >= 11 is 0. The van der Waals surface area contributed by atoms with E-state index in [4.69, 9.17) is 0 Å².